The maximum Gasteiger partial charge on any atom is 0.239 e. The molecule has 2 heterocycles. The summed E-state index contributed by atoms with van der Waals surface area (Å²) < 4.78 is 0. The smallest absolute Gasteiger partial charge is 0.239 e. The molecule has 1 aromatic carbocycles. The van der Waals surface area contributed by atoms with Crippen LogP contribution in [0.4, 0.5) is 0 Å². The van der Waals surface area contributed by atoms with Gasteiger partial charge in [0, 0.05) is 47.3 Å². The number of aliphatic imine (C=N–C) groups is 1. The van der Waals surface area contributed by atoms with Crippen molar-refractivity contribution >= 4 is 41.4 Å². The van der Waals surface area contributed by atoms with Crippen molar-refractivity contribution in [2.75, 3.05) is 53.9 Å². The zero-order valence-electron chi connectivity index (χ0n) is 18.5. The molecule has 6 nitrogen and oxygen atoms in total. The number of hydrogen-bond acceptors (Lipinski definition) is 3. The molecule has 0 bridgehead atoms. The van der Waals surface area contributed by atoms with Gasteiger partial charge in [-0.25, -0.2) is 0 Å². The van der Waals surface area contributed by atoms with E-state index in [9.17, 15) is 4.79 Å². The number of rotatable bonds is 6. The predicted octanol–water partition coefficient (Wildman–Crippen LogP) is 2.91. The minimum absolute atomic E-state index is 0. The molecule has 3 rings (SSSR count). The Labute approximate surface area is 198 Å². The van der Waals surface area contributed by atoms with Gasteiger partial charge in [-0.15, -0.1) is 24.0 Å². The first-order chi connectivity index (χ1) is 14.1. The second-order valence-corrected chi connectivity index (χ2v) is 8.05. The summed E-state index contributed by atoms with van der Waals surface area (Å²) in [6.07, 6.45) is 6.45. The number of nitrogens with zero attached hydrogens (tertiary/aromatic N) is 4. The number of carbonyl (C=O) groups is 1. The number of likely N-dealkylation sites (tertiary alicyclic amines) is 1. The lowest BCUT2D eigenvalue weighted by Crippen LogP contribution is -2.45. The molecule has 1 unspecified atom stereocenters. The lowest BCUT2D eigenvalue weighted by Gasteiger charge is -2.30. The number of guanidine groups is 1. The van der Waals surface area contributed by atoms with E-state index in [1.165, 1.54) is 11.1 Å². The first-order valence-electron chi connectivity index (χ1n) is 10.8. The van der Waals surface area contributed by atoms with Crippen molar-refractivity contribution in [3.8, 4) is 0 Å². The average Bonchev–Trinajstić information content (AvgIpc) is 3.22. The number of nitrogens with one attached hydrogen (secondary N) is 1. The highest BCUT2D eigenvalue weighted by Crippen LogP contribution is 2.22. The summed E-state index contributed by atoms with van der Waals surface area (Å²) in [6, 6.07) is 10.7. The van der Waals surface area contributed by atoms with E-state index in [4.69, 9.17) is 0 Å². The van der Waals surface area contributed by atoms with Crippen LogP contribution in [-0.2, 0) is 4.79 Å². The Morgan fingerprint density at radius 1 is 1.23 bits per heavy atom. The molecule has 0 spiro atoms. The van der Waals surface area contributed by atoms with E-state index in [2.05, 4.69) is 56.5 Å². The second kappa shape index (κ2) is 12.3. The van der Waals surface area contributed by atoms with Gasteiger partial charge in [-0.3, -0.25) is 14.7 Å². The van der Waals surface area contributed by atoms with Crippen molar-refractivity contribution in [3.05, 3.63) is 42.0 Å². The van der Waals surface area contributed by atoms with E-state index in [0.717, 1.165) is 64.4 Å². The molecular formula is C23H36IN5O. The maximum absolute atomic E-state index is 12.3. The molecule has 2 aliphatic heterocycles. The largest absolute Gasteiger partial charge is 0.356 e. The Balaban J connectivity index is 0.00000320. The summed E-state index contributed by atoms with van der Waals surface area (Å²) in [5, 5.41) is 3.51. The fraction of sp³-hybridized carbons (Fsp3) is 0.565. The van der Waals surface area contributed by atoms with Crippen molar-refractivity contribution in [1.82, 2.24) is 20.0 Å². The van der Waals surface area contributed by atoms with Crippen LogP contribution < -0.4 is 5.32 Å². The van der Waals surface area contributed by atoms with Crippen LogP contribution in [0.15, 0.2) is 41.4 Å². The van der Waals surface area contributed by atoms with Gasteiger partial charge in [0.25, 0.3) is 0 Å². The fourth-order valence-electron chi connectivity index (χ4n) is 4.26. The van der Waals surface area contributed by atoms with Crippen LogP contribution in [0.3, 0.4) is 0 Å². The number of benzene rings is 1. The Morgan fingerprint density at radius 2 is 2.00 bits per heavy atom. The summed E-state index contributed by atoms with van der Waals surface area (Å²) in [4.78, 5) is 23.1. The number of carbonyl (C=O) groups excluding carboxylic acids is 1. The minimum Gasteiger partial charge on any atom is -0.356 e. The number of amides is 1. The fourth-order valence-corrected chi connectivity index (χ4v) is 4.26. The number of halogens is 1. The summed E-state index contributed by atoms with van der Waals surface area (Å²) in [5.41, 5.74) is 2.74. The Bertz CT molecular complexity index is 734. The molecule has 2 aliphatic rings. The normalized spacial score (nSPS) is 19.8. The van der Waals surface area contributed by atoms with Gasteiger partial charge in [0.05, 0.1) is 6.04 Å². The third-order valence-corrected chi connectivity index (χ3v) is 5.86. The van der Waals surface area contributed by atoms with E-state index in [0.29, 0.717) is 0 Å². The third kappa shape index (κ3) is 6.44. The molecule has 0 saturated carbocycles. The first-order valence-corrected chi connectivity index (χ1v) is 10.8. The van der Waals surface area contributed by atoms with Gasteiger partial charge in [0.15, 0.2) is 5.96 Å². The summed E-state index contributed by atoms with van der Waals surface area (Å²) in [5.74, 6) is 1.20. The Morgan fingerprint density at radius 3 is 2.63 bits per heavy atom. The van der Waals surface area contributed by atoms with Gasteiger partial charge < -0.3 is 15.1 Å². The van der Waals surface area contributed by atoms with Gasteiger partial charge in [0.1, 0.15) is 0 Å². The lowest BCUT2D eigenvalue weighted by molar-refractivity contribution is -0.133. The highest BCUT2D eigenvalue weighted by molar-refractivity contribution is 14.0. The maximum atomic E-state index is 12.3. The quantitative estimate of drug-likeness (QED) is 0.269. The monoisotopic (exact) mass is 525 g/mol. The van der Waals surface area contributed by atoms with Crippen LogP contribution in [0.5, 0.6) is 0 Å². The van der Waals surface area contributed by atoms with E-state index in [1.807, 2.05) is 21.1 Å². The molecule has 1 saturated heterocycles. The van der Waals surface area contributed by atoms with Gasteiger partial charge in [-0.05, 0) is 43.4 Å². The summed E-state index contributed by atoms with van der Waals surface area (Å²) in [6.45, 7) is 4.71. The van der Waals surface area contributed by atoms with E-state index in [1.54, 1.807) is 4.90 Å². The van der Waals surface area contributed by atoms with Crippen molar-refractivity contribution in [1.29, 1.82) is 0 Å². The highest BCUT2D eigenvalue weighted by atomic mass is 127. The van der Waals surface area contributed by atoms with Gasteiger partial charge in [-0.1, -0.05) is 36.4 Å². The lowest BCUT2D eigenvalue weighted by atomic mass is 10.00. The van der Waals surface area contributed by atoms with Crippen LogP contribution in [0.2, 0.25) is 0 Å². The third-order valence-electron chi connectivity index (χ3n) is 5.86. The molecule has 1 atom stereocenters. The molecule has 0 aromatic heterocycles. The minimum atomic E-state index is 0. The SMILES string of the molecule is CN=C(NCCCN1CCCC1C(=O)N(C)C)N1CC=C(c2ccccc2)CC1.I. The molecule has 1 N–H and O–H groups in total. The van der Waals surface area contributed by atoms with Crippen molar-refractivity contribution in [2.45, 2.75) is 31.7 Å². The number of hydrogen-bond donors (Lipinski definition) is 1. The van der Waals surface area contributed by atoms with Gasteiger partial charge in [0.2, 0.25) is 5.91 Å². The molecule has 0 aliphatic carbocycles. The van der Waals surface area contributed by atoms with Crippen LogP contribution >= 0.6 is 24.0 Å². The molecule has 30 heavy (non-hydrogen) atoms. The van der Waals surface area contributed by atoms with E-state index in [-0.39, 0.29) is 35.9 Å². The topological polar surface area (TPSA) is 51.2 Å². The van der Waals surface area contributed by atoms with E-state index < -0.39 is 0 Å². The van der Waals surface area contributed by atoms with Crippen molar-refractivity contribution in [2.24, 2.45) is 4.99 Å². The zero-order valence-corrected chi connectivity index (χ0v) is 20.8. The molecule has 1 amide bonds. The van der Waals surface area contributed by atoms with Gasteiger partial charge >= 0.3 is 0 Å². The average molecular weight is 525 g/mol. The van der Waals surface area contributed by atoms with Crippen LogP contribution in [0.25, 0.3) is 5.57 Å². The predicted molar refractivity (Wildman–Crippen MR) is 135 cm³/mol. The Kier molecular flexibility index (Phi) is 10.1. The molecular weight excluding hydrogens is 489 g/mol. The van der Waals surface area contributed by atoms with E-state index >= 15 is 0 Å². The van der Waals surface area contributed by atoms with Crippen LogP contribution in [0, 0.1) is 0 Å². The molecule has 0 radical (unpaired) electrons. The number of likely N-dealkylation sites (N-methyl/N-ethyl adjacent to an activating group) is 1. The second-order valence-electron chi connectivity index (χ2n) is 8.05. The highest BCUT2D eigenvalue weighted by Gasteiger charge is 2.31. The van der Waals surface area contributed by atoms with Crippen molar-refractivity contribution < 1.29 is 4.79 Å². The van der Waals surface area contributed by atoms with Crippen molar-refractivity contribution in [3.63, 3.8) is 0 Å². The first kappa shape index (κ1) is 24.7. The summed E-state index contributed by atoms with van der Waals surface area (Å²) >= 11 is 0. The standard InChI is InChI=1S/C23H35N5O.HI/c1-24-23(28-17-12-20(13-18-28)19-9-5-4-6-10-19)25-14-8-16-27-15-7-11-21(27)22(29)26(2)3;/h4-6,9-10,12,21H,7-8,11,13-18H2,1-3H3,(H,24,25);1H. The van der Waals surface area contributed by atoms with Gasteiger partial charge in [-0.2, -0.15) is 0 Å². The molecule has 7 heteroatoms. The van der Waals surface area contributed by atoms with Crippen LogP contribution in [0.1, 0.15) is 31.2 Å². The molecule has 1 aromatic rings. The Hall–Kier alpha value is -1.61. The summed E-state index contributed by atoms with van der Waals surface area (Å²) in [7, 11) is 5.55. The molecule has 1 fully saturated rings. The molecule has 166 valence electrons. The zero-order chi connectivity index (χ0) is 20.6. The van der Waals surface area contributed by atoms with Crippen LogP contribution in [-0.4, -0.2) is 86.5 Å².